The molecule has 0 aromatic carbocycles. The van der Waals surface area contributed by atoms with E-state index in [0.717, 1.165) is 32.0 Å². The SMILES string of the molecule is NC1CC(CC(=O)O)CN(CC2CCC2)C1. The molecule has 0 aromatic heterocycles. The van der Waals surface area contributed by atoms with Crippen LogP contribution in [0, 0.1) is 11.8 Å². The second kappa shape index (κ2) is 5.15. The third kappa shape index (κ3) is 3.19. The second-order valence-electron chi connectivity index (χ2n) is 5.48. The minimum Gasteiger partial charge on any atom is -0.481 e. The summed E-state index contributed by atoms with van der Waals surface area (Å²) in [6, 6.07) is 0.165. The van der Waals surface area contributed by atoms with Gasteiger partial charge in [0, 0.05) is 32.1 Å². The van der Waals surface area contributed by atoms with Gasteiger partial charge in [0.05, 0.1) is 0 Å². The predicted molar refractivity (Wildman–Crippen MR) is 62.1 cm³/mol. The van der Waals surface area contributed by atoms with Gasteiger partial charge in [-0.1, -0.05) is 6.42 Å². The first-order valence-corrected chi connectivity index (χ1v) is 6.33. The number of hydrogen-bond acceptors (Lipinski definition) is 3. The summed E-state index contributed by atoms with van der Waals surface area (Å²) in [5, 5.41) is 8.82. The number of nitrogens with two attached hydrogens (primary N) is 1. The fraction of sp³-hybridized carbons (Fsp3) is 0.917. The fourth-order valence-electron chi connectivity index (χ4n) is 2.93. The number of nitrogens with zero attached hydrogens (tertiary/aromatic N) is 1. The third-order valence-electron chi connectivity index (χ3n) is 3.85. The molecular weight excluding hydrogens is 204 g/mol. The highest BCUT2D eigenvalue weighted by atomic mass is 16.4. The van der Waals surface area contributed by atoms with Gasteiger partial charge in [-0.3, -0.25) is 4.79 Å². The quantitative estimate of drug-likeness (QED) is 0.747. The van der Waals surface area contributed by atoms with Crippen molar-refractivity contribution in [2.24, 2.45) is 17.6 Å². The van der Waals surface area contributed by atoms with Crippen LogP contribution in [-0.2, 0) is 4.79 Å². The molecule has 2 fully saturated rings. The van der Waals surface area contributed by atoms with Crippen LogP contribution in [0.2, 0.25) is 0 Å². The van der Waals surface area contributed by atoms with Crippen molar-refractivity contribution in [1.82, 2.24) is 4.90 Å². The van der Waals surface area contributed by atoms with Crippen LogP contribution in [-0.4, -0.2) is 41.7 Å². The molecule has 0 bridgehead atoms. The average molecular weight is 226 g/mol. The zero-order chi connectivity index (χ0) is 11.5. The zero-order valence-corrected chi connectivity index (χ0v) is 9.77. The van der Waals surface area contributed by atoms with Gasteiger partial charge in [0.1, 0.15) is 0 Å². The summed E-state index contributed by atoms with van der Waals surface area (Å²) >= 11 is 0. The van der Waals surface area contributed by atoms with Crippen molar-refractivity contribution in [3.63, 3.8) is 0 Å². The molecule has 92 valence electrons. The van der Waals surface area contributed by atoms with Gasteiger partial charge < -0.3 is 15.7 Å². The molecule has 4 heteroatoms. The Hall–Kier alpha value is -0.610. The Morgan fingerprint density at radius 1 is 1.31 bits per heavy atom. The van der Waals surface area contributed by atoms with E-state index >= 15 is 0 Å². The van der Waals surface area contributed by atoms with E-state index in [1.807, 2.05) is 0 Å². The van der Waals surface area contributed by atoms with Gasteiger partial charge in [-0.15, -0.1) is 0 Å². The van der Waals surface area contributed by atoms with Crippen molar-refractivity contribution >= 4 is 5.97 Å². The lowest BCUT2D eigenvalue weighted by atomic mass is 9.83. The summed E-state index contributed by atoms with van der Waals surface area (Å²) in [5.74, 6) is 0.403. The average Bonchev–Trinajstić information content (AvgIpc) is 2.09. The molecule has 4 nitrogen and oxygen atoms in total. The van der Waals surface area contributed by atoms with E-state index in [1.54, 1.807) is 0 Å². The van der Waals surface area contributed by atoms with Gasteiger partial charge >= 0.3 is 5.97 Å². The molecule has 0 spiro atoms. The van der Waals surface area contributed by atoms with Gasteiger partial charge in [-0.2, -0.15) is 0 Å². The predicted octanol–water partition coefficient (Wildman–Crippen LogP) is 0.910. The maximum absolute atomic E-state index is 10.7. The Morgan fingerprint density at radius 2 is 2.06 bits per heavy atom. The van der Waals surface area contributed by atoms with E-state index in [0.29, 0.717) is 0 Å². The number of carboxylic acid groups (broad SMARTS) is 1. The maximum atomic E-state index is 10.7. The molecule has 3 N–H and O–H groups in total. The van der Waals surface area contributed by atoms with Gasteiger partial charge in [-0.05, 0) is 31.1 Å². The molecule has 0 radical (unpaired) electrons. The van der Waals surface area contributed by atoms with Gasteiger partial charge in [0.15, 0.2) is 0 Å². The second-order valence-corrected chi connectivity index (χ2v) is 5.48. The number of hydrogen-bond donors (Lipinski definition) is 2. The van der Waals surface area contributed by atoms with Crippen molar-refractivity contribution < 1.29 is 9.90 Å². The molecule has 2 unspecified atom stereocenters. The van der Waals surface area contributed by atoms with Crippen molar-refractivity contribution in [1.29, 1.82) is 0 Å². The Kier molecular flexibility index (Phi) is 3.82. The summed E-state index contributed by atoms with van der Waals surface area (Å²) in [6.45, 7) is 3.01. The molecule has 1 aliphatic heterocycles. The van der Waals surface area contributed by atoms with E-state index in [2.05, 4.69) is 4.90 Å². The van der Waals surface area contributed by atoms with E-state index < -0.39 is 5.97 Å². The first kappa shape index (κ1) is 11.9. The topological polar surface area (TPSA) is 66.6 Å². The number of carbonyl (C=O) groups is 1. The minimum atomic E-state index is -0.692. The summed E-state index contributed by atoms with van der Waals surface area (Å²) in [7, 11) is 0. The Morgan fingerprint density at radius 3 is 2.62 bits per heavy atom. The van der Waals surface area contributed by atoms with Crippen LogP contribution >= 0.6 is 0 Å². The molecular formula is C12H22N2O2. The van der Waals surface area contributed by atoms with Crippen molar-refractivity contribution in [3.05, 3.63) is 0 Å². The first-order chi connectivity index (χ1) is 7.63. The maximum Gasteiger partial charge on any atom is 0.303 e. The minimum absolute atomic E-state index is 0.165. The normalized spacial score (nSPS) is 32.3. The van der Waals surface area contributed by atoms with E-state index in [-0.39, 0.29) is 18.4 Å². The smallest absolute Gasteiger partial charge is 0.303 e. The molecule has 0 aromatic rings. The fourth-order valence-corrected chi connectivity index (χ4v) is 2.93. The lowest BCUT2D eigenvalue weighted by Gasteiger charge is -2.39. The van der Waals surface area contributed by atoms with Gasteiger partial charge in [0.2, 0.25) is 0 Å². The summed E-state index contributed by atoms with van der Waals surface area (Å²) in [5.41, 5.74) is 5.99. The zero-order valence-electron chi connectivity index (χ0n) is 9.77. The Bertz CT molecular complexity index is 253. The van der Waals surface area contributed by atoms with Gasteiger partial charge in [-0.25, -0.2) is 0 Å². The summed E-state index contributed by atoms with van der Waals surface area (Å²) in [4.78, 5) is 13.1. The van der Waals surface area contributed by atoms with E-state index in [1.165, 1.54) is 19.3 Å². The first-order valence-electron chi connectivity index (χ1n) is 6.33. The van der Waals surface area contributed by atoms with Crippen LogP contribution in [0.3, 0.4) is 0 Å². The van der Waals surface area contributed by atoms with Crippen LogP contribution < -0.4 is 5.73 Å². The molecule has 1 heterocycles. The molecule has 0 amide bonds. The van der Waals surface area contributed by atoms with Crippen molar-refractivity contribution in [2.75, 3.05) is 19.6 Å². The van der Waals surface area contributed by atoms with Crippen LogP contribution in [0.25, 0.3) is 0 Å². The molecule has 1 saturated heterocycles. The highest BCUT2D eigenvalue weighted by molar-refractivity contribution is 5.67. The largest absolute Gasteiger partial charge is 0.481 e. The lowest BCUT2D eigenvalue weighted by molar-refractivity contribution is -0.138. The number of piperidine rings is 1. The van der Waals surface area contributed by atoms with Crippen LogP contribution in [0.4, 0.5) is 0 Å². The number of carboxylic acids is 1. The summed E-state index contributed by atoms with van der Waals surface area (Å²) in [6.07, 6.45) is 5.19. The van der Waals surface area contributed by atoms with Crippen molar-refractivity contribution in [3.8, 4) is 0 Å². The highest BCUT2D eigenvalue weighted by Crippen LogP contribution is 2.29. The Labute approximate surface area is 96.8 Å². The lowest BCUT2D eigenvalue weighted by Crippen LogP contribution is -2.49. The molecule has 2 aliphatic rings. The monoisotopic (exact) mass is 226 g/mol. The molecule has 2 atom stereocenters. The molecule has 2 rings (SSSR count). The van der Waals surface area contributed by atoms with E-state index in [4.69, 9.17) is 10.8 Å². The van der Waals surface area contributed by atoms with Gasteiger partial charge in [0.25, 0.3) is 0 Å². The van der Waals surface area contributed by atoms with Crippen LogP contribution in [0.15, 0.2) is 0 Å². The molecule has 16 heavy (non-hydrogen) atoms. The highest BCUT2D eigenvalue weighted by Gasteiger charge is 2.29. The standard InChI is InChI=1S/C12H22N2O2/c13-11-4-10(5-12(15)16)7-14(8-11)6-9-2-1-3-9/h9-11H,1-8,13H2,(H,15,16). The number of rotatable bonds is 4. The molecule has 1 aliphatic carbocycles. The molecule has 1 saturated carbocycles. The number of likely N-dealkylation sites (tertiary alicyclic amines) is 1. The third-order valence-corrected chi connectivity index (χ3v) is 3.85. The number of aliphatic carboxylic acids is 1. The van der Waals surface area contributed by atoms with Crippen molar-refractivity contribution in [2.45, 2.75) is 38.1 Å². The van der Waals surface area contributed by atoms with Crippen LogP contribution in [0.1, 0.15) is 32.1 Å². The van der Waals surface area contributed by atoms with E-state index in [9.17, 15) is 4.79 Å². The van der Waals surface area contributed by atoms with Crippen LogP contribution in [0.5, 0.6) is 0 Å². The summed E-state index contributed by atoms with van der Waals surface area (Å²) < 4.78 is 0. The Balaban J connectivity index is 1.80.